The lowest BCUT2D eigenvalue weighted by Crippen LogP contribution is -2.37. The minimum atomic E-state index is -0.497. The maximum atomic E-state index is 12.7. The van der Waals surface area contributed by atoms with Gasteiger partial charge in [0, 0.05) is 24.8 Å². The lowest BCUT2D eigenvalue weighted by molar-refractivity contribution is 0.102. The van der Waals surface area contributed by atoms with Crippen LogP contribution in [0.2, 0.25) is 5.02 Å². The van der Waals surface area contributed by atoms with E-state index in [1.54, 1.807) is 25.1 Å². The van der Waals surface area contributed by atoms with E-state index >= 15 is 0 Å². The molecule has 26 heavy (non-hydrogen) atoms. The topological polar surface area (TPSA) is 86.0 Å². The first-order chi connectivity index (χ1) is 12.2. The van der Waals surface area contributed by atoms with Crippen molar-refractivity contribution in [2.75, 3.05) is 5.32 Å². The summed E-state index contributed by atoms with van der Waals surface area (Å²) in [5, 5.41) is 3.50. The number of halogens is 1. The zero-order chi connectivity index (χ0) is 19.2. The Bertz CT molecular complexity index is 1180. The lowest BCUT2D eigenvalue weighted by atomic mass is 10.1. The van der Waals surface area contributed by atoms with Gasteiger partial charge in [0.25, 0.3) is 11.5 Å². The van der Waals surface area contributed by atoms with Gasteiger partial charge in [-0.3, -0.25) is 18.7 Å². The van der Waals surface area contributed by atoms with Gasteiger partial charge in [-0.15, -0.1) is 0 Å². The van der Waals surface area contributed by atoms with Gasteiger partial charge in [0.15, 0.2) is 0 Å². The number of aromatic nitrogens is 3. The van der Waals surface area contributed by atoms with Crippen LogP contribution in [0.4, 0.5) is 5.69 Å². The van der Waals surface area contributed by atoms with Gasteiger partial charge >= 0.3 is 5.69 Å². The molecule has 2 aromatic heterocycles. The molecule has 7 nitrogen and oxygen atoms in total. The average Bonchev–Trinajstić information content (AvgIpc) is 2.60. The number of nitrogens with zero attached hydrogens (tertiary/aromatic N) is 3. The van der Waals surface area contributed by atoms with Crippen molar-refractivity contribution in [2.24, 2.45) is 14.1 Å². The number of carbonyl (C=O) groups excluding carboxylic acids is 1. The predicted octanol–water partition coefficient (Wildman–Crippen LogP) is 2.15. The second kappa shape index (κ2) is 6.42. The van der Waals surface area contributed by atoms with E-state index in [9.17, 15) is 14.4 Å². The Morgan fingerprint density at radius 1 is 1.12 bits per heavy atom. The Labute approximate surface area is 153 Å². The van der Waals surface area contributed by atoms with Gasteiger partial charge in [0.2, 0.25) is 0 Å². The largest absolute Gasteiger partial charge is 0.332 e. The van der Waals surface area contributed by atoms with Gasteiger partial charge < -0.3 is 5.32 Å². The van der Waals surface area contributed by atoms with E-state index in [0.29, 0.717) is 16.4 Å². The van der Waals surface area contributed by atoms with Crippen LogP contribution in [-0.4, -0.2) is 20.0 Å². The van der Waals surface area contributed by atoms with E-state index in [4.69, 9.17) is 11.6 Å². The predicted molar refractivity (Wildman–Crippen MR) is 101 cm³/mol. The summed E-state index contributed by atoms with van der Waals surface area (Å²) in [6.45, 7) is 3.50. The molecule has 3 rings (SSSR count). The zero-order valence-corrected chi connectivity index (χ0v) is 15.5. The highest BCUT2D eigenvalue weighted by Crippen LogP contribution is 2.22. The van der Waals surface area contributed by atoms with Crippen LogP contribution in [0, 0.1) is 13.8 Å². The monoisotopic (exact) mass is 372 g/mol. The smallest absolute Gasteiger partial charge is 0.322 e. The minimum absolute atomic E-state index is 0.202. The zero-order valence-electron chi connectivity index (χ0n) is 14.8. The molecule has 0 unspecified atom stereocenters. The van der Waals surface area contributed by atoms with Crippen molar-refractivity contribution < 1.29 is 4.79 Å². The number of benzene rings is 1. The summed E-state index contributed by atoms with van der Waals surface area (Å²) in [6.07, 6.45) is 0. The highest BCUT2D eigenvalue weighted by atomic mass is 35.5. The summed E-state index contributed by atoms with van der Waals surface area (Å²) in [5.74, 6) is -0.404. The molecule has 0 aliphatic heterocycles. The second-order valence-electron chi connectivity index (χ2n) is 6.11. The van der Waals surface area contributed by atoms with Gasteiger partial charge in [-0.25, -0.2) is 9.78 Å². The Kier molecular flexibility index (Phi) is 4.41. The lowest BCUT2D eigenvalue weighted by Gasteiger charge is -2.12. The first kappa shape index (κ1) is 17.9. The van der Waals surface area contributed by atoms with Gasteiger partial charge in [-0.05, 0) is 37.6 Å². The fourth-order valence-corrected chi connectivity index (χ4v) is 2.91. The number of nitrogens with one attached hydrogen (secondary N) is 1. The van der Waals surface area contributed by atoms with Crippen LogP contribution in [0.15, 0.2) is 33.9 Å². The molecule has 0 aliphatic carbocycles. The third-order valence-corrected chi connectivity index (χ3v) is 4.55. The third kappa shape index (κ3) is 2.90. The van der Waals surface area contributed by atoms with Crippen LogP contribution in [0.1, 0.15) is 21.6 Å². The molecule has 0 fully saturated rings. The maximum Gasteiger partial charge on any atom is 0.332 e. The molecule has 8 heteroatoms. The Hall–Kier alpha value is -2.93. The van der Waals surface area contributed by atoms with E-state index in [0.717, 1.165) is 10.1 Å². The van der Waals surface area contributed by atoms with Crippen LogP contribution in [0.3, 0.4) is 0 Å². The minimum Gasteiger partial charge on any atom is -0.322 e. The summed E-state index contributed by atoms with van der Waals surface area (Å²) < 4.78 is 2.27. The highest BCUT2D eigenvalue weighted by molar-refractivity contribution is 6.31. The number of pyridine rings is 1. The number of amides is 1. The maximum absolute atomic E-state index is 12.7. The summed E-state index contributed by atoms with van der Waals surface area (Å²) >= 11 is 5.99. The molecule has 0 bridgehead atoms. The van der Waals surface area contributed by atoms with E-state index < -0.39 is 17.2 Å². The molecule has 2 heterocycles. The van der Waals surface area contributed by atoms with Crippen molar-refractivity contribution in [3.05, 3.63) is 66.9 Å². The van der Waals surface area contributed by atoms with Crippen molar-refractivity contribution in [3.8, 4) is 0 Å². The molecular weight excluding hydrogens is 356 g/mol. The summed E-state index contributed by atoms with van der Waals surface area (Å²) in [7, 11) is 2.92. The van der Waals surface area contributed by atoms with E-state index in [1.165, 1.54) is 24.7 Å². The fraction of sp³-hybridized carbons (Fsp3) is 0.222. The van der Waals surface area contributed by atoms with Gasteiger partial charge in [0.1, 0.15) is 5.65 Å². The van der Waals surface area contributed by atoms with Crippen molar-refractivity contribution in [1.29, 1.82) is 0 Å². The molecule has 0 spiro atoms. The number of anilines is 1. The molecule has 0 radical (unpaired) electrons. The highest BCUT2D eigenvalue weighted by Gasteiger charge is 2.17. The van der Waals surface area contributed by atoms with Crippen LogP contribution in [0.25, 0.3) is 11.0 Å². The number of fused-ring (bicyclic) bond motifs is 1. The van der Waals surface area contributed by atoms with Crippen LogP contribution in [0.5, 0.6) is 0 Å². The van der Waals surface area contributed by atoms with Crippen LogP contribution < -0.4 is 16.6 Å². The molecule has 0 saturated carbocycles. The molecule has 1 amide bonds. The third-order valence-electron chi connectivity index (χ3n) is 4.31. The normalized spacial score (nSPS) is 11.0. The molecule has 0 saturated heterocycles. The second-order valence-corrected chi connectivity index (χ2v) is 6.55. The quantitative estimate of drug-likeness (QED) is 0.746. The molecule has 1 N–H and O–H groups in total. The fourth-order valence-electron chi connectivity index (χ4n) is 2.74. The SMILES string of the molecule is Cc1ccc(Cl)cc1NC(=O)c1cc2c(=O)n(C)c(=O)n(C)c2nc1C. The van der Waals surface area contributed by atoms with Crippen molar-refractivity contribution in [2.45, 2.75) is 13.8 Å². The molecule has 0 atom stereocenters. The van der Waals surface area contributed by atoms with Gasteiger partial charge in [-0.1, -0.05) is 17.7 Å². The molecule has 134 valence electrons. The van der Waals surface area contributed by atoms with E-state index in [-0.39, 0.29) is 16.6 Å². The van der Waals surface area contributed by atoms with Crippen molar-refractivity contribution >= 4 is 34.2 Å². The Morgan fingerprint density at radius 3 is 2.50 bits per heavy atom. The number of hydrogen-bond acceptors (Lipinski definition) is 4. The van der Waals surface area contributed by atoms with Crippen molar-refractivity contribution in [1.82, 2.24) is 14.1 Å². The van der Waals surface area contributed by atoms with E-state index in [1.807, 2.05) is 6.92 Å². The molecule has 3 aromatic rings. The molecule has 1 aromatic carbocycles. The molecular formula is C18H17ClN4O3. The summed E-state index contributed by atoms with van der Waals surface area (Å²) in [6, 6.07) is 6.66. The molecule has 0 aliphatic rings. The number of aryl methyl sites for hydroxylation is 3. The number of rotatable bonds is 2. The number of carbonyl (C=O) groups is 1. The standard InChI is InChI=1S/C18H17ClN4O3/c1-9-5-6-11(19)7-14(9)21-16(24)12-8-13-15(20-10(12)2)22(3)18(26)23(4)17(13)25/h5-8H,1-4H3,(H,21,24). The van der Waals surface area contributed by atoms with Gasteiger partial charge in [0.05, 0.1) is 16.6 Å². The Morgan fingerprint density at radius 2 is 1.81 bits per heavy atom. The Balaban J connectivity index is 2.15. The average molecular weight is 373 g/mol. The van der Waals surface area contributed by atoms with E-state index in [2.05, 4.69) is 10.3 Å². The first-order valence-corrected chi connectivity index (χ1v) is 8.23. The van der Waals surface area contributed by atoms with Gasteiger partial charge in [-0.2, -0.15) is 0 Å². The number of hydrogen-bond donors (Lipinski definition) is 1. The first-order valence-electron chi connectivity index (χ1n) is 7.85. The van der Waals surface area contributed by atoms with Crippen LogP contribution >= 0.6 is 11.6 Å². The summed E-state index contributed by atoms with van der Waals surface area (Å²) in [4.78, 5) is 41.5. The van der Waals surface area contributed by atoms with Crippen LogP contribution in [-0.2, 0) is 14.1 Å². The summed E-state index contributed by atoms with van der Waals surface area (Å²) in [5.41, 5.74) is 1.38. The van der Waals surface area contributed by atoms with Crippen molar-refractivity contribution in [3.63, 3.8) is 0 Å².